The number of allylic oxidation sites excluding steroid dienone is 3. The van der Waals surface area contributed by atoms with Crippen molar-refractivity contribution in [2.45, 2.75) is 0 Å². The molecule has 13 heavy (non-hydrogen) atoms. The molecule has 0 spiro atoms. The average Bonchev–Trinajstić information content (AvgIpc) is 2.16. The molecule has 1 aromatic rings. The van der Waals surface area contributed by atoms with Crippen molar-refractivity contribution in [3.05, 3.63) is 67.5 Å². The molecule has 0 unspecified atom stereocenters. The van der Waals surface area contributed by atoms with E-state index in [1.165, 1.54) is 0 Å². The fourth-order valence-corrected chi connectivity index (χ4v) is 0.849. The third kappa shape index (κ3) is 3.43. The molecule has 0 aliphatic carbocycles. The smallest absolute Gasteiger partial charge is 0.127 e. The minimum absolute atomic E-state index is 0.603. The van der Waals surface area contributed by atoms with Gasteiger partial charge >= 0.3 is 0 Å². The van der Waals surface area contributed by atoms with E-state index in [0.29, 0.717) is 5.76 Å². The molecule has 0 bridgehead atoms. The lowest BCUT2D eigenvalue weighted by Crippen LogP contribution is -1.88. The molecule has 0 aliphatic rings. The predicted molar refractivity (Wildman–Crippen MR) is 55.5 cm³/mol. The number of rotatable bonds is 4. The molecule has 0 aliphatic heterocycles. The van der Waals surface area contributed by atoms with Crippen LogP contribution in [0.2, 0.25) is 0 Å². The summed E-state index contributed by atoms with van der Waals surface area (Å²) in [5.74, 6) is 1.40. The minimum Gasteiger partial charge on any atom is -0.458 e. The maximum Gasteiger partial charge on any atom is 0.127 e. The van der Waals surface area contributed by atoms with Gasteiger partial charge in [0.25, 0.3) is 0 Å². The molecule has 0 N–H and O–H groups in total. The molecule has 1 aromatic carbocycles. The first kappa shape index (κ1) is 9.33. The molecular formula is C12H12O. The zero-order chi connectivity index (χ0) is 9.52. The van der Waals surface area contributed by atoms with Gasteiger partial charge in [-0.1, -0.05) is 43.5 Å². The Bertz CT molecular complexity index is 309. The Morgan fingerprint density at radius 2 is 1.92 bits per heavy atom. The van der Waals surface area contributed by atoms with E-state index in [2.05, 4.69) is 13.2 Å². The van der Waals surface area contributed by atoms with Gasteiger partial charge in [-0.25, -0.2) is 0 Å². The predicted octanol–water partition coefficient (Wildman–Crippen LogP) is 3.32. The van der Waals surface area contributed by atoms with Crippen LogP contribution < -0.4 is 4.74 Å². The van der Waals surface area contributed by atoms with Crippen LogP contribution in [-0.4, -0.2) is 0 Å². The minimum atomic E-state index is 0.603. The highest BCUT2D eigenvalue weighted by Crippen LogP contribution is 2.11. The molecule has 0 radical (unpaired) electrons. The second-order valence-electron chi connectivity index (χ2n) is 2.48. The highest BCUT2D eigenvalue weighted by atomic mass is 16.5. The number of hydrogen-bond acceptors (Lipinski definition) is 1. The van der Waals surface area contributed by atoms with Crippen LogP contribution in [0.4, 0.5) is 0 Å². The van der Waals surface area contributed by atoms with E-state index in [1.807, 2.05) is 30.3 Å². The van der Waals surface area contributed by atoms with Gasteiger partial charge in [0.2, 0.25) is 0 Å². The second-order valence-corrected chi connectivity index (χ2v) is 2.48. The van der Waals surface area contributed by atoms with Crippen molar-refractivity contribution in [3.8, 4) is 5.75 Å². The normalized spacial score (nSPS) is 9.85. The van der Waals surface area contributed by atoms with Crippen molar-refractivity contribution < 1.29 is 4.74 Å². The van der Waals surface area contributed by atoms with E-state index in [4.69, 9.17) is 4.74 Å². The van der Waals surface area contributed by atoms with Gasteiger partial charge in [0.05, 0.1) is 0 Å². The van der Waals surface area contributed by atoms with Crippen LogP contribution >= 0.6 is 0 Å². The first-order chi connectivity index (χ1) is 6.33. The first-order valence-electron chi connectivity index (χ1n) is 4.04. The Morgan fingerprint density at radius 1 is 1.23 bits per heavy atom. The largest absolute Gasteiger partial charge is 0.458 e. The van der Waals surface area contributed by atoms with E-state index < -0.39 is 0 Å². The summed E-state index contributed by atoms with van der Waals surface area (Å²) in [7, 11) is 0. The summed E-state index contributed by atoms with van der Waals surface area (Å²) in [4.78, 5) is 0. The van der Waals surface area contributed by atoms with Gasteiger partial charge < -0.3 is 4.74 Å². The Hall–Kier alpha value is -1.76. The summed E-state index contributed by atoms with van der Waals surface area (Å²) in [6.45, 7) is 7.29. The maximum atomic E-state index is 5.39. The number of benzene rings is 1. The Labute approximate surface area is 78.7 Å². The monoisotopic (exact) mass is 172 g/mol. The highest BCUT2D eigenvalue weighted by Gasteiger charge is 1.91. The lowest BCUT2D eigenvalue weighted by molar-refractivity contribution is 0.447. The lowest BCUT2D eigenvalue weighted by atomic mass is 10.3. The van der Waals surface area contributed by atoms with Gasteiger partial charge in [0.15, 0.2) is 0 Å². The van der Waals surface area contributed by atoms with Crippen LogP contribution in [-0.2, 0) is 0 Å². The van der Waals surface area contributed by atoms with Crippen LogP contribution in [0.1, 0.15) is 0 Å². The van der Waals surface area contributed by atoms with Gasteiger partial charge in [-0.15, -0.1) is 0 Å². The number of ether oxygens (including phenoxy) is 1. The molecule has 0 saturated carbocycles. The van der Waals surface area contributed by atoms with Crippen molar-refractivity contribution in [1.29, 1.82) is 0 Å². The summed E-state index contributed by atoms with van der Waals surface area (Å²) in [5.41, 5.74) is 0. The van der Waals surface area contributed by atoms with Crippen LogP contribution in [0.25, 0.3) is 0 Å². The molecule has 0 atom stereocenters. The zero-order valence-corrected chi connectivity index (χ0v) is 7.44. The molecular weight excluding hydrogens is 160 g/mol. The topological polar surface area (TPSA) is 9.23 Å². The number of hydrogen-bond donors (Lipinski definition) is 0. The highest BCUT2D eigenvalue weighted by molar-refractivity contribution is 5.25. The molecule has 66 valence electrons. The standard InChI is InChI=1S/C12H12O/c1-3-4-8-11(2)13-12-9-6-5-7-10-12/h3-10H,1-2H2/b8-4-. The first-order valence-corrected chi connectivity index (χ1v) is 4.04. The summed E-state index contributed by atoms with van der Waals surface area (Å²) in [5, 5.41) is 0. The lowest BCUT2D eigenvalue weighted by Gasteiger charge is -2.03. The molecule has 1 nitrogen and oxygen atoms in total. The van der Waals surface area contributed by atoms with Crippen LogP contribution in [0.5, 0.6) is 5.75 Å². The Kier molecular flexibility index (Phi) is 3.58. The summed E-state index contributed by atoms with van der Waals surface area (Å²) in [6, 6.07) is 9.54. The summed E-state index contributed by atoms with van der Waals surface area (Å²) < 4.78 is 5.39. The molecule has 0 fully saturated rings. The molecule has 0 amide bonds. The van der Waals surface area contributed by atoms with Crippen molar-refractivity contribution in [1.82, 2.24) is 0 Å². The molecule has 0 heterocycles. The average molecular weight is 172 g/mol. The third-order valence-corrected chi connectivity index (χ3v) is 1.41. The van der Waals surface area contributed by atoms with Crippen molar-refractivity contribution in [3.63, 3.8) is 0 Å². The van der Waals surface area contributed by atoms with Crippen molar-refractivity contribution in [2.24, 2.45) is 0 Å². The van der Waals surface area contributed by atoms with E-state index in [0.717, 1.165) is 5.75 Å². The van der Waals surface area contributed by atoms with Crippen molar-refractivity contribution in [2.75, 3.05) is 0 Å². The van der Waals surface area contributed by atoms with Crippen molar-refractivity contribution >= 4 is 0 Å². The second kappa shape index (κ2) is 4.99. The SMILES string of the molecule is C=C/C=C\C(=C)Oc1ccccc1. The van der Waals surface area contributed by atoms with Crippen LogP contribution in [0, 0.1) is 0 Å². The van der Waals surface area contributed by atoms with Crippen LogP contribution in [0.3, 0.4) is 0 Å². The summed E-state index contributed by atoms with van der Waals surface area (Å²) in [6.07, 6.45) is 5.23. The van der Waals surface area contributed by atoms with Gasteiger partial charge in [-0.2, -0.15) is 0 Å². The van der Waals surface area contributed by atoms with Crippen LogP contribution in [0.15, 0.2) is 67.5 Å². The van der Waals surface area contributed by atoms with Gasteiger partial charge in [0, 0.05) is 0 Å². The Balaban J connectivity index is 2.55. The molecule has 1 heteroatoms. The fraction of sp³-hybridized carbons (Fsp3) is 0. The van der Waals surface area contributed by atoms with Gasteiger partial charge in [-0.3, -0.25) is 0 Å². The van der Waals surface area contributed by atoms with E-state index in [-0.39, 0.29) is 0 Å². The molecule has 1 rings (SSSR count). The number of para-hydroxylation sites is 1. The zero-order valence-electron chi connectivity index (χ0n) is 7.44. The summed E-state index contributed by atoms with van der Waals surface area (Å²) >= 11 is 0. The van der Waals surface area contributed by atoms with E-state index in [1.54, 1.807) is 18.2 Å². The maximum absolute atomic E-state index is 5.39. The molecule has 0 saturated heterocycles. The molecule has 0 aromatic heterocycles. The quantitative estimate of drug-likeness (QED) is 0.500. The fourth-order valence-electron chi connectivity index (χ4n) is 0.849. The third-order valence-electron chi connectivity index (χ3n) is 1.41. The van der Waals surface area contributed by atoms with Gasteiger partial charge in [0.1, 0.15) is 11.5 Å². The van der Waals surface area contributed by atoms with E-state index >= 15 is 0 Å². The Morgan fingerprint density at radius 3 is 2.54 bits per heavy atom. The van der Waals surface area contributed by atoms with E-state index in [9.17, 15) is 0 Å². The van der Waals surface area contributed by atoms with Gasteiger partial charge in [-0.05, 0) is 18.2 Å².